The number of carbonyl (C=O) groups is 2. The summed E-state index contributed by atoms with van der Waals surface area (Å²) in [5, 5.41) is 4.29. The predicted octanol–water partition coefficient (Wildman–Crippen LogP) is 6.03. The topological polar surface area (TPSA) is 37.4 Å². The Kier molecular flexibility index (Phi) is 4.69. The minimum Gasteiger partial charge on any atom is -0.268 e. The summed E-state index contributed by atoms with van der Waals surface area (Å²) in [7, 11) is 0. The number of benzene rings is 4. The SMILES string of the molecule is O=C1C(=Cc2c3ccccc3cc3ccccc23)SC(=S)N1C(=O)c1ccccc1. The predicted molar refractivity (Wildman–Crippen MR) is 127 cm³/mol. The second-order valence-corrected chi connectivity index (χ2v) is 8.60. The van der Waals surface area contributed by atoms with Gasteiger partial charge in [-0.25, -0.2) is 4.90 Å². The van der Waals surface area contributed by atoms with E-state index in [0.717, 1.165) is 43.8 Å². The molecule has 0 aromatic heterocycles. The fourth-order valence-corrected chi connectivity index (χ4v) is 4.92. The van der Waals surface area contributed by atoms with Crippen molar-refractivity contribution >= 4 is 67.7 Å². The zero-order valence-corrected chi connectivity index (χ0v) is 17.4. The highest BCUT2D eigenvalue weighted by Crippen LogP contribution is 2.37. The Bertz CT molecular complexity index is 1320. The second kappa shape index (κ2) is 7.52. The summed E-state index contributed by atoms with van der Waals surface area (Å²) in [6, 6.07) is 27.0. The van der Waals surface area contributed by atoms with Gasteiger partial charge < -0.3 is 0 Å². The monoisotopic (exact) mass is 425 g/mol. The number of thiocarbonyl (C=S) groups is 1. The number of imide groups is 1. The first-order valence-electron chi connectivity index (χ1n) is 9.41. The third-order valence-corrected chi connectivity index (χ3v) is 6.41. The van der Waals surface area contributed by atoms with Gasteiger partial charge in [0, 0.05) is 5.56 Å². The van der Waals surface area contributed by atoms with Crippen molar-refractivity contribution in [2.75, 3.05) is 0 Å². The first-order chi connectivity index (χ1) is 14.6. The number of thioether (sulfide) groups is 1. The molecule has 0 radical (unpaired) electrons. The van der Waals surface area contributed by atoms with E-state index in [9.17, 15) is 9.59 Å². The molecule has 5 rings (SSSR count). The Morgan fingerprint density at radius 1 is 0.833 bits per heavy atom. The van der Waals surface area contributed by atoms with Crippen LogP contribution in [-0.4, -0.2) is 21.0 Å². The molecule has 0 saturated carbocycles. The Hall–Kier alpha value is -3.28. The molecular weight excluding hydrogens is 410 g/mol. The average Bonchev–Trinajstić information content (AvgIpc) is 3.06. The molecule has 5 heteroatoms. The van der Waals surface area contributed by atoms with E-state index in [4.69, 9.17) is 12.2 Å². The Balaban J connectivity index is 1.64. The summed E-state index contributed by atoms with van der Waals surface area (Å²) in [5.41, 5.74) is 1.39. The minimum atomic E-state index is -0.399. The lowest BCUT2D eigenvalue weighted by molar-refractivity contribution is -0.120. The number of carbonyl (C=O) groups excluding carboxylic acids is 2. The van der Waals surface area contributed by atoms with Crippen LogP contribution in [0.15, 0.2) is 89.8 Å². The van der Waals surface area contributed by atoms with E-state index in [-0.39, 0.29) is 10.2 Å². The maximum absolute atomic E-state index is 13.1. The molecule has 2 amide bonds. The number of nitrogens with zero attached hydrogens (tertiary/aromatic N) is 1. The van der Waals surface area contributed by atoms with E-state index in [1.54, 1.807) is 24.3 Å². The summed E-state index contributed by atoms with van der Waals surface area (Å²) < 4.78 is 0.254. The largest absolute Gasteiger partial charge is 0.273 e. The lowest BCUT2D eigenvalue weighted by atomic mass is 9.96. The van der Waals surface area contributed by atoms with Gasteiger partial charge in [-0.15, -0.1) is 0 Å². The normalized spacial score (nSPS) is 15.5. The van der Waals surface area contributed by atoms with Gasteiger partial charge in [-0.3, -0.25) is 9.59 Å². The van der Waals surface area contributed by atoms with E-state index in [1.807, 2.05) is 48.5 Å². The van der Waals surface area contributed by atoms with Crippen LogP contribution in [0.1, 0.15) is 15.9 Å². The Labute approximate surface area is 183 Å². The summed E-state index contributed by atoms with van der Waals surface area (Å²) in [6.45, 7) is 0. The number of amides is 2. The van der Waals surface area contributed by atoms with Crippen LogP contribution in [-0.2, 0) is 4.79 Å². The number of fused-ring (bicyclic) bond motifs is 2. The van der Waals surface area contributed by atoms with Crippen molar-refractivity contribution in [2.24, 2.45) is 0 Å². The van der Waals surface area contributed by atoms with Gasteiger partial charge in [0.05, 0.1) is 4.91 Å². The third-order valence-electron chi connectivity index (χ3n) is 5.11. The molecule has 0 unspecified atom stereocenters. The van der Waals surface area contributed by atoms with Crippen LogP contribution in [0.2, 0.25) is 0 Å². The molecule has 0 bridgehead atoms. The van der Waals surface area contributed by atoms with Crippen LogP contribution >= 0.6 is 24.0 Å². The lowest BCUT2D eigenvalue weighted by Gasteiger charge is -2.12. The first kappa shape index (κ1) is 18.7. The molecule has 144 valence electrons. The van der Waals surface area contributed by atoms with Crippen LogP contribution in [0, 0.1) is 0 Å². The van der Waals surface area contributed by atoms with Crippen molar-refractivity contribution in [3.63, 3.8) is 0 Å². The van der Waals surface area contributed by atoms with Gasteiger partial charge in [0.2, 0.25) is 0 Å². The maximum Gasteiger partial charge on any atom is 0.273 e. The van der Waals surface area contributed by atoms with E-state index in [2.05, 4.69) is 18.2 Å². The number of rotatable bonds is 2. The van der Waals surface area contributed by atoms with Gasteiger partial charge in [-0.1, -0.05) is 90.7 Å². The van der Waals surface area contributed by atoms with Crippen LogP contribution in [0.3, 0.4) is 0 Å². The minimum absolute atomic E-state index is 0.254. The molecule has 0 aliphatic carbocycles. The van der Waals surface area contributed by atoms with E-state index >= 15 is 0 Å². The molecule has 30 heavy (non-hydrogen) atoms. The average molecular weight is 426 g/mol. The lowest BCUT2D eigenvalue weighted by Crippen LogP contribution is -2.34. The van der Waals surface area contributed by atoms with Gasteiger partial charge in [-0.05, 0) is 51.4 Å². The highest BCUT2D eigenvalue weighted by molar-refractivity contribution is 8.26. The number of hydrogen-bond acceptors (Lipinski definition) is 4. The van der Waals surface area contributed by atoms with Crippen molar-refractivity contribution in [1.29, 1.82) is 0 Å². The smallest absolute Gasteiger partial charge is 0.268 e. The van der Waals surface area contributed by atoms with Crippen molar-refractivity contribution in [3.05, 3.63) is 101 Å². The molecule has 1 aliphatic rings. The van der Waals surface area contributed by atoms with Gasteiger partial charge in [0.1, 0.15) is 0 Å². The van der Waals surface area contributed by atoms with Gasteiger partial charge >= 0.3 is 0 Å². The van der Waals surface area contributed by atoms with Crippen LogP contribution < -0.4 is 0 Å². The Morgan fingerprint density at radius 2 is 1.40 bits per heavy atom. The van der Waals surface area contributed by atoms with Gasteiger partial charge in [0.25, 0.3) is 11.8 Å². The standard InChI is InChI=1S/C25H15NO2S2/c27-23(16-8-2-1-3-9-16)26-24(28)22(30-25(26)29)15-21-19-12-6-4-10-17(19)14-18-11-5-7-13-20(18)21/h1-15H. The maximum atomic E-state index is 13.1. The zero-order valence-electron chi connectivity index (χ0n) is 15.7. The van der Waals surface area contributed by atoms with Gasteiger partial charge in [0.15, 0.2) is 4.32 Å². The molecule has 3 nitrogen and oxygen atoms in total. The second-order valence-electron chi connectivity index (χ2n) is 6.92. The van der Waals surface area contributed by atoms with Crippen molar-refractivity contribution in [2.45, 2.75) is 0 Å². The van der Waals surface area contributed by atoms with Crippen LogP contribution in [0.5, 0.6) is 0 Å². The summed E-state index contributed by atoms with van der Waals surface area (Å²) in [6.07, 6.45) is 1.86. The van der Waals surface area contributed by atoms with Crippen molar-refractivity contribution < 1.29 is 9.59 Å². The van der Waals surface area contributed by atoms with E-state index < -0.39 is 5.91 Å². The van der Waals surface area contributed by atoms with Crippen molar-refractivity contribution in [1.82, 2.24) is 4.90 Å². The molecule has 4 aromatic carbocycles. The number of hydrogen-bond donors (Lipinski definition) is 0. The van der Waals surface area contributed by atoms with Crippen LogP contribution in [0.4, 0.5) is 0 Å². The highest BCUT2D eigenvalue weighted by Gasteiger charge is 2.37. The fourth-order valence-electron chi connectivity index (χ4n) is 3.69. The van der Waals surface area contributed by atoms with Crippen molar-refractivity contribution in [3.8, 4) is 0 Å². The molecule has 1 saturated heterocycles. The highest BCUT2D eigenvalue weighted by atomic mass is 32.2. The quantitative estimate of drug-likeness (QED) is 0.170. The first-order valence-corrected chi connectivity index (χ1v) is 10.6. The summed E-state index contributed by atoms with van der Waals surface area (Å²) >= 11 is 6.55. The Morgan fingerprint density at radius 3 is 2.03 bits per heavy atom. The molecule has 4 aromatic rings. The summed E-state index contributed by atoms with van der Waals surface area (Å²) in [4.78, 5) is 27.5. The molecular formula is C25H15NO2S2. The van der Waals surface area contributed by atoms with Crippen LogP contribution in [0.25, 0.3) is 27.6 Å². The van der Waals surface area contributed by atoms with Gasteiger partial charge in [-0.2, -0.15) is 0 Å². The molecule has 1 fully saturated rings. The molecule has 0 spiro atoms. The van der Waals surface area contributed by atoms with E-state index in [1.165, 1.54) is 0 Å². The molecule has 1 heterocycles. The fraction of sp³-hybridized carbons (Fsp3) is 0. The zero-order chi connectivity index (χ0) is 20.7. The van der Waals surface area contributed by atoms with E-state index in [0.29, 0.717) is 10.5 Å². The molecule has 1 aliphatic heterocycles. The summed E-state index contributed by atoms with van der Waals surface area (Å²) in [5.74, 6) is -0.778. The molecule has 0 N–H and O–H groups in total. The molecule has 0 atom stereocenters. The third kappa shape index (κ3) is 3.12.